The quantitative estimate of drug-likeness (QED) is 0.870. The summed E-state index contributed by atoms with van der Waals surface area (Å²) in [5.74, 6) is 1.47. The van der Waals surface area contributed by atoms with Crippen molar-refractivity contribution in [3.8, 4) is 5.75 Å². The van der Waals surface area contributed by atoms with E-state index >= 15 is 0 Å². The molecule has 0 amide bonds. The maximum Gasteiger partial charge on any atom is 0.121 e. The fraction of sp³-hybridized carbons (Fsp3) is 0.600. The molecule has 2 N–H and O–H groups in total. The number of hydrogen-bond acceptors (Lipinski definition) is 3. The van der Waals surface area contributed by atoms with Crippen molar-refractivity contribution in [2.24, 2.45) is 11.7 Å². The average Bonchev–Trinajstić information content (AvgIpc) is 2.33. The van der Waals surface area contributed by atoms with Gasteiger partial charge in [-0.05, 0) is 43.0 Å². The molecule has 1 aliphatic heterocycles. The van der Waals surface area contributed by atoms with Gasteiger partial charge in [-0.1, -0.05) is 19.1 Å². The lowest BCUT2D eigenvalue weighted by atomic mass is 9.72. The van der Waals surface area contributed by atoms with Gasteiger partial charge in [0.15, 0.2) is 0 Å². The van der Waals surface area contributed by atoms with Crippen molar-refractivity contribution in [1.82, 2.24) is 0 Å². The van der Waals surface area contributed by atoms with E-state index in [-0.39, 0.29) is 5.41 Å². The molecule has 0 saturated carbocycles. The van der Waals surface area contributed by atoms with Crippen LogP contribution in [0.4, 0.5) is 0 Å². The van der Waals surface area contributed by atoms with Gasteiger partial charge in [0.2, 0.25) is 0 Å². The predicted octanol–water partition coefficient (Wildman–Crippen LogP) is 2.26. The summed E-state index contributed by atoms with van der Waals surface area (Å²) in [7, 11) is 1.71. The van der Waals surface area contributed by atoms with Crippen LogP contribution in [0.25, 0.3) is 0 Å². The van der Waals surface area contributed by atoms with Gasteiger partial charge in [0.1, 0.15) is 5.75 Å². The molecule has 1 heterocycles. The molecule has 0 radical (unpaired) electrons. The number of benzene rings is 1. The molecule has 1 atom stereocenters. The lowest BCUT2D eigenvalue weighted by Crippen LogP contribution is -2.48. The zero-order valence-electron chi connectivity index (χ0n) is 11.5. The average molecular weight is 249 g/mol. The fourth-order valence-electron chi connectivity index (χ4n) is 2.71. The van der Waals surface area contributed by atoms with E-state index in [4.69, 9.17) is 15.2 Å². The van der Waals surface area contributed by atoms with Crippen LogP contribution in [0.1, 0.15) is 24.5 Å². The minimum absolute atomic E-state index is 0.163. The Balaban J connectivity index is 2.24. The molecule has 1 unspecified atom stereocenters. The number of nitrogens with two attached hydrogens (primary N) is 1. The predicted molar refractivity (Wildman–Crippen MR) is 73.1 cm³/mol. The summed E-state index contributed by atoms with van der Waals surface area (Å²) >= 11 is 0. The van der Waals surface area contributed by atoms with Gasteiger partial charge >= 0.3 is 0 Å². The molecule has 0 bridgehead atoms. The monoisotopic (exact) mass is 249 g/mol. The smallest absolute Gasteiger partial charge is 0.121 e. The van der Waals surface area contributed by atoms with Gasteiger partial charge in [-0.25, -0.2) is 0 Å². The second-order valence-electron chi connectivity index (χ2n) is 5.50. The molecule has 100 valence electrons. The Labute approximate surface area is 109 Å². The minimum Gasteiger partial charge on any atom is -0.496 e. The summed E-state index contributed by atoms with van der Waals surface area (Å²) < 4.78 is 10.8. The highest BCUT2D eigenvalue weighted by atomic mass is 16.5. The Morgan fingerprint density at radius 1 is 1.44 bits per heavy atom. The van der Waals surface area contributed by atoms with Crippen LogP contribution in [0.2, 0.25) is 0 Å². The third-order valence-corrected chi connectivity index (χ3v) is 3.91. The first-order valence-electron chi connectivity index (χ1n) is 6.54. The molecule has 18 heavy (non-hydrogen) atoms. The van der Waals surface area contributed by atoms with Crippen LogP contribution < -0.4 is 10.5 Å². The van der Waals surface area contributed by atoms with Crippen LogP contribution in [-0.4, -0.2) is 26.9 Å². The first-order chi connectivity index (χ1) is 8.61. The zero-order valence-corrected chi connectivity index (χ0v) is 11.5. The molecule has 1 aliphatic rings. The topological polar surface area (TPSA) is 44.5 Å². The Morgan fingerprint density at radius 2 is 2.17 bits per heavy atom. The first-order valence-corrected chi connectivity index (χ1v) is 6.54. The van der Waals surface area contributed by atoms with E-state index in [9.17, 15) is 0 Å². The van der Waals surface area contributed by atoms with Gasteiger partial charge < -0.3 is 15.2 Å². The van der Waals surface area contributed by atoms with Crippen molar-refractivity contribution in [1.29, 1.82) is 0 Å². The van der Waals surface area contributed by atoms with Crippen LogP contribution in [0.3, 0.4) is 0 Å². The molecule has 1 aromatic carbocycles. The van der Waals surface area contributed by atoms with Gasteiger partial charge in [0.25, 0.3) is 0 Å². The standard InChI is InChI=1S/C15H23NO2/c1-11(8-16)7-15(9-18-10-15)13-4-5-14(17-3)12(2)6-13/h4-6,11H,7-10,16H2,1-3H3. The van der Waals surface area contributed by atoms with E-state index in [2.05, 4.69) is 32.0 Å². The van der Waals surface area contributed by atoms with Crippen molar-refractivity contribution < 1.29 is 9.47 Å². The summed E-state index contributed by atoms with van der Waals surface area (Å²) in [5.41, 5.74) is 8.45. The van der Waals surface area contributed by atoms with Crippen molar-refractivity contribution in [3.63, 3.8) is 0 Å². The molecule has 1 fully saturated rings. The Kier molecular flexibility index (Phi) is 3.93. The molecule has 2 rings (SSSR count). The highest BCUT2D eigenvalue weighted by Crippen LogP contribution is 2.39. The largest absolute Gasteiger partial charge is 0.496 e. The third kappa shape index (κ3) is 2.38. The van der Waals surface area contributed by atoms with Crippen LogP contribution in [0.15, 0.2) is 18.2 Å². The SMILES string of the molecule is COc1ccc(C2(CC(C)CN)COC2)cc1C. The summed E-state index contributed by atoms with van der Waals surface area (Å²) in [6.45, 7) is 6.64. The van der Waals surface area contributed by atoms with Gasteiger partial charge in [-0.15, -0.1) is 0 Å². The van der Waals surface area contributed by atoms with E-state index < -0.39 is 0 Å². The number of hydrogen-bond donors (Lipinski definition) is 1. The molecular weight excluding hydrogens is 226 g/mol. The van der Waals surface area contributed by atoms with Crippen LogP contribution >= 0.6 is 0 Å². The molecule has 3 nitrogen and oxygen atoms in total. The van der Waals surface area contributed by atoms with Crippen molar-refractivity contribution in [2.75, 3.05) is 26.9 Å². The maximum atomic E-state index is 5.75. The van der Waals surface area contributed by atoms with Gasteiger partial charge in [0.05, 0.1) is 20.3 Å². The lowest BCUT2D eigenvalue weighted by molar-refractivity contribution is -0.0702. The van der Waals surface area contributed by atoms with Crippen LogP contribution in [-0.2, 0) is 10.2 Å². The molecule has 0 aromatic heterocycles. The molecule has 1 saturated heterocycles. The third-order valence-electron chi connectivity index (χ3n) is 3.91. The van der Waals surface area contributed by atoms with Crippen LogP contribution in [0.5, 0.6) is 5.75 Å². The van der Waals surface area contributed by atoms with Gasteiger partial charge in [0, 0.05) is 5.41 Å². The summed E-state index contributed by atoms with van der Waals surface area (Å²) in [5, 5.41) is 0. The highest BCUT2D eigenvalue weighted by molar-refractivity contribution is 5.40. The van der Waals surface area contributed by atoms with E-state index in [0.717, 1.165) is 31.9 Å². The Morgan fingerprint density at radius 3 is 2.61 bits per heavy atom. The van der Waals surface area contributed by atoms with Crippen molar-refractivity contribution in [2.45, 2.75) is 25.7 Å². The maximum absolute atomic E-state index is 5.75. The fourth-order valence-corrected chi connectivity index (χ4v) is 2.71. The number of rotatable bonds is 5. The lowest BCUT2D eigenvalue weighted by Gasteiger charge is -2.43. The Bertz CT molecular complexity index is 413. The number of aryl methyl sites for hydroxylation is 1. The highest BCUT2D eigenvalue weighted by Gasteiger charge is 2.41. The normalized spacial score (nSPS) is 19.1. The summed E-state index contributed by atoms with van der Waals surface area (Å²) in [6, 6.07) is 6.44. The second kappa shape index (κ2) is 5.29. The zero-order chi connectivity index (χ0) is 13.2. The molecule has 1 aromatic rings. The van der Waals surface area contributed by atoms with Gasteiger partial charge in [-0.2, -0.15) is 0 Å². The summed E-state index contributed by atoms with van der Waals surface area (Å²) in [4.78, 5) is 0. The van der Waals surface area contributed by atoms with Crippen molar-refractivity contribution >= 4 is 0 Å². The Hall–Kier alpha value is -1.06. The minimum atomic E-state index is 0.163. The van der Waals surface area contributed by atoms with E-state index in [1.807, 2.05) is 0 Å². The second-order valence-corrected chi connectivity index (χ2v) is 5.50. The molecule has 3 heteroatoms. The summed E-state index contributed by atoms with van der Waals surface area (Å²) in [6.07, 6.45) is 1.09. The molecule has 0 spiro atoms. The van der Waals surface area contributed by atoms with E-state index in [1.165, 1.54) is 11.1 Å². The van der Waals surface area contributed by atoms with Gasteiger partial charge in [-0.3, -0.25) is 0 Å². The van der Waals surface area contributed by atoms with Crippen LogP contribution in [0, 0.1) is 12.8 Å². The van der Waals surface area contributed by atoms with E-state index in [1.54, 1.807) is 7.11 Å². The molecule has 0 aliphatic carbocycles. The van der Waals surface area contributed by atoms with Crippen molar-refractivity contribution in [3.05, 3.63) is 29.3 Å². The molecular formula is C15H23NO2. The van der Waals surface area contributed by atoms with E-state index in [0.29, 0.717) is 5.92 Å². The number of methoxy groups -OCH3 is 1. The number of ether oxygens (including phenoxy) is 2. The first kappa shape index (κ1) is 13.4.